The van der Waals surface area contributed by atoms with E-state index in [1.807, 2.05) is 0 Å². The first-order valence-electron chi connectivity index (χ1n) is 16.1. The predicted octanol–water partition coefficient (Wildman–Crippen LogP) is 12.2. The van der Waals surface area contributed by atoms with Crippen LogP contribution in [0.2, 0.25) is 0 Å². The van der Waals surface area contributed by atoms with Crippen LogP contribution in [0, 0.1) is 5.92 Å². The lowest BCUT2D eigenvalue weighted by Crippen LogP contribution is -2.15. The van der Waals surface area contributed by atoms with Crippen LogP contribution in [-0.2, 0) is 5.41 Å². The number of anilines is 2. The molecule has 1 unspecified atom stereocenters. The number of benzene rings is 6. The van der Waals surface area contributed by atoms with E-state index in [2.05, 4.69) is 172 Å². The van der Waals surface area contributed by atoms with Crippen molar-refractivity contribution in [1.29, 1.82) is 0 Å². The van der Waals surface area contributed by atoms with Gasteiger partial charge in [0.05, 0.1) is 0 Å². The standard InChI is InChI=1S/C44H37N/c1-29-14-16-30(17-15-29)34-20-24-40-41-25-23-37(28-43(41)44(2,3)42(40)27-34)45-36-21-18-31(19-22-36)33-10-6-11-35(26-33)39-13-7-9-32-8-4-5-12-38(32)39/h4-14,16-29,45H,15H2,1-3H3. The fourth-order valence-electron chi connectivity index (χ4n) is 7.19. The monoisotopic (exact) mass is 579 g/mol. The number of rotatable bonds is 5. The van der Waals surface area contributed by atoms with E-state index in [1.165, 1.54) is 66.4 Å². The molecule has 1 nitrogen and oxygen atoms in total. The summed E-state index contributed by atoms with van der Waals surface area (Å²) in [6, 6.07) is 46.7. The Labute approximate surface area is 266 Å². The van der Waals surface area contributed by atoms with Crippen LogP contribution >= 0.6 is 0 Å². The Balaban J connectivity index is 1.04. The molecule has 2 aliphatic rings. The quantitative estimate of drug-likeness (QED) is 0.214. The fourth-order valence-corrected chi connectivity index (χ4v) is 7.19. The van der Waals surface area contributed by atoms with Gasteiger partial charge < -0.3 is 5.32 Å². The van der Waals surface area contributed by atoms with Crippen LogP contribution in [-0.4, -0.2) is 0 Å². The normalized spacial score (nSPS) is 16.2. The maximum atomic E-state index is 3.68. The van der Waals surface area contributed by atoms with Crippen molar-refractivity contribution in [2.75, 3.05) is 5.32 Å². The lowest BCUT2D eigenvalue weighted by molar-refractivity contribution is 0.660. The van der Waals surface area contributed by atoms with Gasteiger partial charge in [-0.2, -0.15) is 0 Å². The van der Waals surface area contributed by atoms with Gasteiger partial charge in [-0.05, 0) is 115 Å². The molecular formula is C44H37N. The van der Waals surface area contributed by atoms with E-state index < -0.39 is 0 Å². The number of hydrogen-bond donors (Lipinski definition) is 1. The molecule has 0 aliphatic heterocycles. The molecular weight excluding hydrogens is 542 g/mol. The molecule has 0 spiro atoms. The van der Waals surface area contributed by atoms with Gasteiger partial charge in [-0.25, -0.2) is 0 Å². The molecule has 2 aliphatic carbocycles. The van der Waals surface area contributed by atoms with Gasteiger partial charge in [-0.15, -0.1) is 0 Å². The zero-order valence-electron chi connectivity index (χ0n) is 26.1. The molecule has 8 rings (SSSR count). The zero-order valence-corrected chi connectivity index (χ0v) is 26.1. The zero-order chi connectivity index (χ0) is 30.5. The lowest BCUT2D eigenvalue weighted by Gasteiger charge is -2.23. The lowest BCUT2D eigenvalue weighted by atomic mass is 9.81. The smallest absolute Gasteiger partial charge is 0.0387 e. The summed E-state index contributed by atoms with van der Waals surface area (Å²) in [5, 5.41) is 6.23. The molecule has 0 amide bonds. The number of hydrogen-bond acceptors (Lipinski definition) is 1. The Bertz CT molecular complexity index is 2140. The first-order chi connectivity index (χ1) is 21.9. The predicted molar refractivity (Wildman–Crippen MR) is 193 cm³/mol. The topological polar surface area (TPSA) is 12.0 Å². The third-order valence-electron chi connectivity index (χ3n) is 9.79. The van der Waals surface area contributed by atoms with Gasteiger partial charge in [0.1, 0.15) is 0 Å². The van der Waals surface area contributed by atoms with E-state index in [-0.39, 0.29) is 5.41 Å². The van der Waals surface area contributed by atoms with Crippen LogP contribution in [0.4, 0.5) is 11.4 Å². The molecule has 1 N–H and O–H groups in total. The van der Waals surface area contributed by atoms with E-state index in [0.717, 1.165) is 17.8 Å². The maximum absolute atomic E-state index is 3.68. The molecule has 0 fully saturated rings. The van der Waals surface area contributed by atoms with Crippen molar-refractivity contribution in [1.82, 2.24) is 0 Å². The molecule has 0 bridgehead atoms. The highest BCUT2D eigenvalue weighted by Crippen LogP contribution is 2.50. The van der Waals surface area contributed by atoms with Crippen LogP contribution in [0.3, 0.4) is 0 Å². The van der Waals surface area contributed by atoms with Crippen molar-refractivity contribution in [2.24, 2.45) is 5.92 Å². The van der Waals surface area contributed by atoms with Gasteiger partial charge in [-0.1, -0.05) is 130 Å². The molecule has 0 saturated heterocycles. The Hall–Kier alpha value is -5.14. The second-order valence-electron chi connectivity index (χ2n) is 13.2. The SMILES string of the molecule is CC1C=CC(c2ccc3c(c2)C(C)(C)c2cc(Nc4ccc(-c5cccc(-c6cccc7ccccc67)c5)cc4)ccc2-3)=CC1. The summed E-state index contributed by atoms with van der Waals surface area (Å²) in [6.07, 6.45) is 8.12. The summed E-state index contributed by atoms with van der Waals surface area (Å²) in [4.78, 5) is 0. The average molecular weight is 580 g/mol. The molecule has 6 aromatic rings. The minimum Gasteiger partial charge on any atom is -0.356 e. The second kappa shape index (κ2) is 10.8. The summed E-state index contributed by atoms with van der Waals surface area (Å²) in [5.74, 6) is 0.623. The Morgan fingerprint density at radius 1 is 0.578 bits per heavy atom. The average Bonchev–Trinajstić information content (AvgIpc) is 3.30. The van der Waals surface area contributed by atoms with E-state index in [0.29, 0.717) is 5.92 Å². The molecule has 45 heavy (non-hydrogen) atoms. The number of allylic oxidation sites excluding steroid dienone is 4. The third kappa shape index (κ3) is 4.89. The van der Waals surface area contributed by atoms with Crippen LogP contribution in [0.15, 0.2) is 146 Å². The number of nitrogens with one attached hydrogen (secondary N) is 1. The minimum atomic E-state index is -0.0659. The molecule has 0 saturated carbocycles. The number of fused-ring (bicyclic) bond motifs is 4. The largest absolute Gasteiger partial charge is 0.356 e. The van der Waals surface area contributed by atoms with Gasteiger partial charge in [0.15, 0.2) is 0 Å². The second-order valence-corrected chi connectivity index (χ2v) is 13.2. The van der Waals surface area contributed by atoms with Crippen molar-refractivity contribution in [3.8, 4) is 33.4 Å². The van der Waals surface area contributed by atoms with Crippen LogP contribution < -0.4 is 5.32 Å². The van der Waals surface area contributed by atoms with Crippen molar-refractivity contribution >= 4 is 27.7 Å². The van der Waals surface area contributed by atoms with Gasteiger partial charge >= 0.3 is 0 Å². The van der Waals surface area contributed by atoms with E-state index in [1.54, 1.807) is 0 Å². The van der Waals surface area contributed by atoms with Crippen molar-refractivity contribution in [3.63, 3.8) is 0 Å². The molecule has 1 heteroatoms. The van der Waals surface area contributed by atoms with Crippen molar-refractivity contribution < 1.29 is 0 Å². The first kappa shape index (κ1) is 27.4. The van der Waals surface area contributed by atoms with Crippen LogP contribution in [0.1, 0.15) is 43.9 Å². The Morgan fingerprint density at radius 3 is 2.09 bits per heavy atom. The van der Waals surface area contributed by atoms with Gasteiger partial charge in [0.2, 0.25) is 0 Å². The summed E-state index contributed by atoms with van der Waals surface area (Å²) in [7, 11) is 0. The summed E-state index contributed by atoms with van der Waals surface area (Å²) < 4.78 is 0. The van der Waals surface area contributed by atoms with Gasteiger partial charge in [0.25, 0.3) is 0 Å². The summed E-state index contributed by atoms with van der Waals surface area (Å²) in [6.45, 7) is 7.00. The summed E-state index contributed by atoms with van der Waals surface area (Å²) >= 11 is 0. The highest BCUT2D eigenvalue weighted by atomic mass is 14.9. The Kier molecular flexibility index (Phi) is 6.57. The van der Waals surface area contributed by atoms with Crippen molar-refractivity contribution in [2.45, 2.75) is 32.6 Å². The van der Waals surface area contributed by atoms with E-state index >= 15 is 0 Å². The molecule has 0 heterocycles. The van der Waals surface area contributed by atoms with E-state index in [4.69, 9.17) is 0 Å². The van der Waals surface area contributed by atoms with Crippen LogP contribution in [0.25, 0.3) is 49.7 Å². The van der Waals surface area contributed by atoms with Gasteiger partial charge in [-0.3, -0.25) is 0 Å². The fraction of sp³-hybridized carbons (Fsp3) is 0.136. The van der Waals surface area contributed by atoms with E-state index in [9.17, 15) is 0 Å². The molecule has 1 atom stereocenters. The minimum absolute atomic E-state index is 0.0659. The maximum Gasteiger partial charge on any atom is 0.0387 e. The molecule has 0 radical (unpaired) electrons. The Morgan fingerprint density at radius 2 is 1.27 bits per heavy atom. The molecule has 0 aromatic heterocycles. The molecule has 218 valence electrons. The van der Waals surface area contributed by atoms with Gasteiger partial charge in [0, 0.05) is 16.8 Å². The van der Waals surface area contributed by atoms with Crippen LogP contribution in [0.5, 0.6) is 0 Å². The highest BCUT2D eigenvalue weighted by Gasteiger charge is 2.36. The van der Waals surface area contributed by atoms with Crippen molar-refractivity contribution in [3.05, 3.63) is 162 Å². The molecule has 6 aromatic carbocycles. The first-order valence-corrected chi connectivity index (χ1v) is 16.1. The highest BCUT2D eigenvalue weighted by molar-refractivity contribution is 5.97. The third-order valence-corrected chi connectivity index (χ3v) is 9.79. The summed E-state index contributed by atoms with van der Waals surface area (Å²) in [5.41, 5.74) is 15.2.